The van der Waals surface area contributed by atoms with Crippen LogP contribution in [-0.2, 0) is 10.2 Å². The normalized spacial score (nSPS) is 11.2. The molecule has 2 aromatic heterocycles. The molecule has 132 valence electrons. The Morgan fingerprint density at radius 1 is 1.04 bits per heavy atom. The molecule has 0 aliphatic heterocycles. The monoisotopic (exact) mass is 348 g/mol. The average Bonchev–Trinajstić information content (AvgIpc) is 3.16. The maximum Gasteiger partial charge on any atom is 0.296 e. The van der Waals surface area contributed by atoms with Crippen molar-refractivity contribution >= 4 is 17.4 Å². The largest absolute Gasteiger partial charge is 0.318 e. The van der Waals surface area contributed by atoms with E-state index in [0.29, 0.717) is 17.1 Å². The fourth-order valence-electron chi connectivity index (χ4n) is 2.45. The second-order valence-corrected chi connectivity index (χ2v) is 6.99. The average molecular weight is 348 g/mol. The number of ketones is 1. The lowest BCUT2D eigenvalue weighted by molar-refractivity contribution is -0.112. The van der Waals surface area contributed by atoms with Crippen LogP contribution in [0.15, 0.2) is 61.3 Å². The van der Waals surface area contributed by atoms with E-state index in [1.165, 1.54) is 6.20 Å². The number of Topliss-reactive ketones (excluding diaryl/α,β-unsaturated/α-hetero) is 1. The summed E-state index contributed by atoms with van der Waals surface area (Å²) in [5, 5.41) is 2.58. The summed E-state index contributed by atoms with van der Waals surface area (Å²) in [7, 11) is 0. The number of nitrogens with one attached hydrogen (secondary N) is 1. The number of anilines is 1. The molecule has 0 bridgehead atoms. The third kappa shape index (κ3) is 3.85. The minimum atomic E-state index is -0.689. The van der Waals surface area contributed by atoms with Crippen molar-refractivity contribution in [3.05, 3.63) is 72.4 Å². The smallest absolute Gasteiger partial charge is 0.296 e. The van der Waals surface area contributed by atoms with E-state index in [9.17, 15) is 9.59 Å². The number of imidazole rings is 1. The van der Waals surface area contributed by atoms with Crippen LogP contribution in [0.25, 0.3) is 5.82 Å². The van der Waals surface area contributed by atoms with Crippen molar-refractivity contribution in [1.82, 2.24) is 14.5 Å². The Labute approximate surface area is 151 Å². The number of pyridine rings is 1. The SMILES string of the molecule is CC(C)(C)c1ccc(C(=O)C(=O)Nc2ccc(-n3ccnc3)nc2)cc1. The van der Waals surface area contributed by atoms with Crippen LogP contribution < -0.4 is 5.32 Å². The lowest BCUT2D eigenvalue weighted by Gasteiger charge is -2.18. The zero-order valence-corrected chi connectivity index (χ0v) is 14.9. The number of hydrogen-bond acceptors (Lipinski definition) is 4. The molecule has 2 heterocycles. The summed E-state index contributed by atoms with van der Waals surface area (Å²) < 4.78 is 1.74. The van der Waals surface area contributed by atoms with Gasteiger partial charge in [0.15, 0.2) is 0 Å². The van der Waals surface area contributed by atoms with E-state index in [1.54, 1.807) is 47.6 Å². The molecular formula is C20H20N4O2. The zero-order chi connectivity index (χ0) is 18.7. The van der Waals surface area contributed by atoms with Crippen molar-refractivity contribution in [2.45, 2.75) is 26.2 Å². The Morgan fingerprint density at radius 3 is 2.31 bits per heavy atom. The summed E-state index contributed by atoms with van der Waals surface area (Å²) in [6.07, 6.45) is 6.56. The predicted molar refractivity (Wildman–Crippen MR) is 99.5 cm³/mol. The van der Waals surface area contributed by atoms with Crippen molar-refractivity contribution < 1.29 is 9.59 Å². The first-order chi connectivity index (χ1) is 12.3. The molecule has 0 fully saturated rings. The standard InChI is InChI=1S/C20H20N4O2/c1-20(2,3)15-6-4-14(5-7-15)18(25)19(26)23-16-8-9-17(22-12-16)24-11-10-21-13-24/h4-13H,1-3H3,(H,23,26). The van der Waals surface area contributed by atoms with E-state index < -0.39 is 11.7 Å². The Morgan fingerprint density at radius 2 is 1.77 bits per heavy atom. The number of hydrogen-bond donors (Lipinski definition) is 1. The van der Waals surface area contributed by atoms with Crippen LogP contribution in [0.1, 0.15) is 36.7 Å². The Kier molecular flexibility index (Phi) is 4.67. The number of rotatable bonds is 4. The molecule has 0 saturated heterocycles. The van der Waals surface area contributed by atoms with Crippen LogP contribution >= 0.6 is 0 Å². The molecule has 0 atom stereocenters. The third-order valence-corrected chi connectivity index (χ3v) is 3.99. The van der Waals surface area contributed by atoms with Gasteiger partial charge in [0.1, 0.15) is 12.1 Å². The summed E-state index contributed by atoms with van der Waals surface area (Å²) in [5.41, 5.74) is 1.91. The Bertz CT molecular complexity index is 906. The molecule has 0 spiro atoms. The first-order valence-electron chi connectivity index (χ1n) is 8.25. The lowest BCUT2D eigenvalue weighted by atomic mass is 9.86. The number of carbonyl (C=O) groups excluding carboxylic acids is 2. The summed E-state index contributed by atoms with van der Waals surface area (Å²) in [6, 6.07) is 10.5. The summed E-state index contributed by atoms with van der Waals surface area (Å²) >= 11 is 0. The van der Waals surface area contributed by atoms with Crippen molar-refractivity contribution in [3.63, 3.8) is 0 Å². The fraction of sp³-hybridized carbons (Fsp3) is 0.200. The maximum absolute atomic E-state index is 12.3. The molecule has 26 heavy (non-hydrogen) atoms. The van der Waals surface area contributed by atoms with Crippen molar-refractivity contribution in [1.29, 1.82) is 0 Å². The first kappa shape index (κ1) is 17.5. The molecular weight excluding hydrogens is 328 g/mol. The molecule has 1 aromatic carbocycles. The summed E-state index contributed by atoms with van der Waals surface area (Å²) in [6.45, 7) is 6.28. The summed E-state index contributed by atoms with van der Waals surface area (Å²) in [5.74, 6) is -0.598. The lowest BCUT2D eigenvalue weighted by Crippen LogP contribution is -2.23. The van der Waals surface area contributed by atoms with Crippen LogP contribution in [0.3, 0.4) is 0 Å². The van der Waals surface area contributed by atoms with Crippen molar-refractivity contribution in [3.8, 4) is 5.82 Å². The number of nitrogens with zero attached hydrogens (tertiary/aromatic N) is 3. The van der Waals surface area contributed by atoms with Gasteiger partial charge in [-0.1, -0.05) is 45.0 Å². The van der Waals surface area contributed by atoms with Gasteiger partial charge in [0, 0.05) is 18.0 Å². The molecule has 1 N–H and O–H groups in total. The molecule has 3 rings (SSSR count). The van der Waals surface area contributed by atoms with Gasteiger partial charge in [0.05, 0.1) is 11.9 Å². The highest BCUT2D eigenvalue weighted by Crippen LogP contribution is 2.22. The van der Waals surface area contributed by atoms with Gasteiger partial charge in [0.25, 0.3) is 11.7 Å². The third-order valence-electron chi connectivity index (χ3n) is 3.99. The Balaban J connectivity index is 1.68. The van der Waals surface area contributed by atoms with Gasteiger partial charge in [-0.15, -0.1) is 0 Å². The van der Waals surface area contributed by atoms with Crippen LogP contribution in [-0.4, -0.2) is 26.2 Å². The number of benzene rings is 1. The van der Waals surface area contributed by atoms with Gasteiger partial charge in [-0.25, -0.2) is 9.97 Å². The molecule has 0 radical (unpaired) electrons. The van der Waals surface area contributed by atoms with Crippen LogP contribution in [0.2, 0.25) is 0 Å². The minimum absolute atomic E-state index is 0.00745. The van der Waals surface area contributed by atoms with Crippen LogP contribution in [0.4, 0.5) is 5.69 Å². The van der Waals surface area contributed by atoms with Crippen LogP contribution in [0, 0.1) is 0 Å². The van der Waals surface area contributed by atoms with E-state index in [0.717, 1.165) is 5.56 Å². The highest BCUT2D eigenvalue weighted by Gasteiger charge is 2.18. The van der Waals surface area contributed by atoms with Gasteiger partial charge in [0.2, 0.25) is 0 Å². The molecule has 3 aromatic rings. The highest BCUT2D eigenvalue weighted by atomic mass is 16.2. The second-order valence-electron chi connectivity index (χ2n) is 6.99. The highest BCUT2D eigenvalue weighted by molar-refractivity contribution is 6.46. The molecule has 0 aliphatic rings. The van der Waals surface area contributed by atoms with E-state index in [4.69, 9.17) is 0 Å². The predicted octanol–water partition coefficient (Wildman–Crippen LogP) is 3.39. The quantitative estimate of drug-likeness (QED) is 0.579. The first-order valence-corrected chi connectivity index (χ1v) is 8.25. The van der Waals surface area contributed by atoms with E-state index in [-0.39, 0.29) is 5.41 Å². The molecule has 0 saturated carbocycles. The molecule has 0 unspecified atom stereocenters. The number of aromatic nitrogens is 3. The van der Waals surface area contributed by atoms with Gasteiger partial charge >= 0.3 is 0 Å². The second kappa shape index (κ2) is 6.92. The zero-order valence-electron chi connectivity index (χ0n) is 14.9. The number of amides is 1. The maximum atomic E-state index is 12.3. The number of carbonyl (C=O) groups is 2. The molecule has 6 nitrogen and oxygen atoms in total. The molecule has 6 heteroatoms. The molecule has 1 amide bonds. The van der Waals surface area contributed by atoms with E-state index in [2.05, 4.69) is 36.1 Å². The minimum Gasteiger partial charge on any atom is -0.318 e. The van der Waals surface area contributed by atoms with Gasteiger partial charge < -0.3 is 5.32 Å². The summed E-state index contributed by atoms with van der Waals surface area (Å²) in [4.78, 5) is 32.7. The van der Waals surface area contributed by atoms with E-state index in [1.807, 2.05) is 12.1 Å². The molecule has 0 aliphatic carbocycles. The van der Waals surface area contributed by atoms with Crippen molar-refractivity contribution in [2.75, 3.05) is 5.32 Å². The van der Waals surface area contributed by atoms with Crippen molar-refractivity contribution in [2.24, 2.45) is 0 Å². The topological polar surface area (TPSA) is 76.9 Å². The fourth-order valence-corrected chi connectivity index (χ4v) is 2.45. The van der Waals surface area contributed by atoms with Gasteiger partial charge in [-0.3, -0.25) is 14.2 Å². The van der Waals surface area contributed by atoms with Gasteiger partial charge in [-0.2, -0.15) is 0 Å². The Hall–Kier alpha value is -3.28. The van der Waals surface area contributed by atoms with E-state index >= 15 is 0 Å². The van der Waals surface area contributed by atoms with Crippen LogP contribution in [0.5, 0.6) is 0 Å². The van der Waals surface area contributed by atoms with Gasteiger partial charge in [-0.05, 0) is 23.1 Å².